The molecule has 21 heavy (non-hydrogen) atoms. The van der Waals surface area contributed by atoms with Crippen LogP contribution in [-0.4, -0.2) is 33.9 Å². The molecule has 0 aliphatic carbocycles. The minimum atomic E-state index is 0.739. The maximum atomic E-state index is 5.42. The maximum Gasteiger partial charge on any atom is 0.124 e. The van der Waals surface area contributed by atoms with Gasteiger partial charge in [-0.15, -0.1) is 0 Å². The summed E-state index contributed by atoms with van der Waals surface area (Å²) >= 11 is 0. The van der Waals surface area contributed by atoms with Gasteiger partial charge in [-0.2, -0.15) is 0 Å². The summed E-state index contributed by atoms with van der Waals surface area (Å²) in [6, 6.07) is 4.52. The van der Waals surface area contributed by atoms with Crippen LogP contribution in [0.25, 0.3) is 0 Å². The van der Waals surface area contributed by atoms with Crippen LogP contribution in [0.3, 0.4) is 0 Å². The minimum absolute atomic E-state index is 0.739. The van der Waals surface area contributed by atoms with Gasteiger partial charge in [0.15, 0.2) is 0 Å². The molecule has 3 nitrogen and oxygen atoms in total. The number of aryl methyl sites for hydroxylation is 3. The van der Waals surface area contributed by atoms with Crippen molar-refractivity contribution in [2.45, 2.75) is 40.0 Å². The monoisotopic (exact) mass is 293 g/mol. The molecule has 0 radical (unpaired) electrons. The number of ether oxygens (including phenoxy) is 2. The molecule has 0 spiro atoms. The zero-order valence-corrected chi connectivity index (χ0v) is 14.3. The molecular formula is C18H31NO2. The average Bonchev–Trinajstić information content (AvgIpc) is 2.44. The first-order chi connectivity index (χ1) is 10.1. The number of methoxy groups -OCH3 is 2. The van der Waals surface area contributed by atoms with Gasteiger partial charge < -0.3 is 14.8 Å². The minimum Gasteiger partial charge on any atom is -0.496 e. The van der Waals surface area contributed by atoms with Gasteiger partial charge in [-0.1, -0.05) is 19.1 Å². The largest absolute Gasteiger partial charge is 0.496 e. The summed E-state index contributed by atoms with van der Waals surface area (Å²) in [6.07, 6.45) is 3.60. The third kappa shape index (κ3) is 6.49. The third-order valence-corrected chi connectivity index (χ3v) is 3.95. The molecule has 0 aliphatic heterocycles. The predicted octanol–water partition coefficient (Wildman–Crippen LogP) is 3.51. The van der Waals surface area contributed by atoms with Crippen LogP contribution >= 0.6 is 0 Å². The highest BCUT2D eigenvalue weighted by Crippen LogP contribution is 2.25. The predicted molar refractivity (Wildman–Crippen MR) is 89.3 cm³/mol. The van der Waals surface area contributed by atoms with Gasteiger partial charge in [0, 0.05) is 13.7 Å². The highest BCUT2D eigenvalue weighted by atomic mass is 16.5. The van der Waals surface area contributed by atoms with Crippen molar-refractivity contribution in [3.8, 4) is 5.75 Å². The first-order valence-corrected chi connectivity index (χ1v) is 7.92. The van der Waals surface area contributed by atoms with E-state index in [1.165, 1.54) is 29.5 Å². The molecule has 0 heterocycles. The lowest BCUT2D eigenvalue weighted by atomic mass is 9.96. The molecule has 1 unspecified atom stereocenters. The molecule has 1 aromatic carbocycles. The SMILES string of the molecule is COCCNCCC(C)CCc1cc(C)c(OC)c(C)c1. The summed E-state index contributed by atoms with van der Waals surface area (Å²) < 4.78 is 10.4. The van der Waals surface area contributed by atoms with Crippen LogP contribution in [0.2, 0.25) is 0 Å². The van der Waals surface area contributed by atoms with E-state index in [0.717, 1.165) is 37.8 Å². The van der Waals surface area contributed by atoms with E-state index in [1.807, 2.05) is 0 Å². The number of hydrogen-bond donors (Lipinski definition) is 1. The number of rotatable bonds is 10. The standard InChI is InChI=1S/C18H31NO2/c1-14(8-9-19-10-11-20-4)6-7-17-12-15(2)18(21-5)16(3)13-17/h12-14,19H,6-11H2,1-5H3. The van der Waals surface area contributed by atoms with Gasteiger partial charge >= 0.3 is 0 Å². The van der Waals surface area contributed by atoms with Crippen LogP contribution in [0.1, 0.15) is 36.5 Å². The van der Waals surface area contributed by atoms with Gasteiger partial charge in [-0.25, -0.2) is 0 Å². The zero-order valence-electron chi connectivity index (χ0n) is 14.3. The van der Waals surface area contributed by atoms with E-state index in [1.54, 1.807) is 14.2 Å². The van der Waals surface area contributed by atoms with Crippen molar-refractivity contribution in [3.63, 3.8) is 0 Å². The molecular weight excluding hydrogens is 262 g/mol. The average molecular weight is 293 g/mol. The van der Waals surface area contributed by atoms with Crippen molar-refractivity contribution in [1.29, 1.82) is 0 Å². The molecule has 0 aromatic heterocycles. The van der Waals surface area contributed by atoms with Crippen LogP contribution in [0.4, 0.5) is 0 Å². The molecule has 1 atom stereocenters. The highest BCUT2D eigenvalue weighted by Gasteiger charge is 2.07. The van der Waals surface area contributed by atoms with Gasteiger partial charge in [0.05, 0.1) is 13.7 Å². The highest BCUT2D eigenvalue weighted by molar-refractivity contribution is 5.43. The molecule has 0 saturated heterocycles. The quantitative estimate of drug-likeness (QED) is 0.670. The summed E-state index contributed by atoms with van der Waals surface area (Å²) in [5.41, 5.74) is 3.90. The van der Waals surface area contributed by atoms with Crippen molar-refractivity contribution < 1.29 is 9.47 Å². The number of benzene rings is 1. The van der Waals surface area contributed by atoms with E-state index in [9.17, 15) is 0 Å². The smallest absolute Gasteiger partial charge is 0.124 e. The van der Waals surface area contributed by atoms with Crippen LogP contribution in [-0.2, 0) is 11.2 Å². The van der Waals surface area contributed by atoms with Gasteiger partial charge in [-0.05, 0) is 62.3 Å². The Morgan fingerprint density at radius 1 is 1.05 bits per heavy atom. The van der Waals surface area contributed by atoms with Crippen LogP contribution < -0.4 is 10.1 Å². The van der Waals surface area contributed by atoms with Crippen LogP contribution in [0.15, 0.2) is 12.1 Å². The Morgan fingerprint density at radius 3 is 2.29 bits per heavy atom. The summed E-state index contributed by atoms with van der Waals surface area (Å²) in [5.74, 6) is 1.76. The fraction of sp³-hybridized carbons (Fsp3) is 0.667. The lowest BCUT2D eigenvalue weighted by Gasteiger charge is -2.14. The summed E-state index contributed by atoms with van der Waals surface area (Å²) in [7, 11) is 3.48. The molecule has 1 aromatic rings. The molecule has 1 N–H and O–H groups in total. The molecule has 1 rings (SSSR count). The second kappa shape index (κ2) is 9.80. The van der Waals surface area contributed by atoms with Gasteiger partial charge in [-0.3, -0.25) is 0 Å². The van der Waals surface area contributed by atoms with Crippen molar-refractivity contribution in [2.75, 3.05) is 33.9 Å². The first-order valence-electron chi connectivity index (χ1n) is 7.92. The molecule has 3 heteroatoms. The Labute approximate surface area is 130 Å². The van der Waals surface area contributed by atoms with Crippen LogP contribution in [0, 0.1) is 19.8 Å². The Bertz CT molecular complexity index is 395. The Hall–Kier alpha value is -1.06. The second-order valence-electron chi connectivity index (χ2n) is 5.94. The topological polar surface area (TPSA) is 30.5 Å². The van der Waals surface area contributed by atoms with E-state index >= 15 is 0 Å². The number of hydrogen-bond acceptors (Lipinski definition) is 3. The lowest BCUT2D eigenvalue weighted by molar-refractivity contribution is 0.199. The summed E-state index contributed by atoms with van der Waals surface area (Å²) in [5, 5.41) is 3.41. The Kier molecular flexibility index (Phi) is 8.40. The van der Waals surface area contributed by atoms with E-state index in [2.05, 4.69) is 38.2 Å². The van der Waals surface area contributed by atoms with Crippen molar-refractivity contribution in [3.05, 3.63) is 28.8 Å². The van der Waals surface area contributed by atoms with E-state index in [4.69, 9.17) is 9.47 Å². The number of nitrogens with one attached hydrogen (secondary N) is 1. The van der Waals surface area contributed by atoms with Crippen molar-refractivity contribution in [2.24, 2.45) is 5.92 Å². The third-order valence-electron chi connectivity index (χ3n) is 3.95. The molecule has 0 bridgehead atoms. The zero-order chi connectivity index (χ0) is 15.7. The fourth-order valence-corrected chi connectivity index (χ4v) is 2.71. The Balaban J connectivity index is 2.34. The van der Waals surface area contributed by atoms with E-state index in [0.29, 0.717) is 0 Å². The fourth-order valence-electron chi connectivity index (χ4n) is 2.71. The molecule has 0 amide bonds. The first kappa shape index (κ1) is 18.0. The van der Waals surface area contributed by atoms with Crippen molar-refractivity contribution in [1.82, 2.24) is 5.32 Å². The van der Waals surface area contributed by atoms with Crippen LogP contribution in [0.5, 0.6) is 5.75 Å². The Morgan fingerprint density at radius 2 is 1.71 bits per heavy atom. The molecule has 120 valence electrons. The van der Waals surface area contributed by atoms with E-state index in [-0.39, 0.29) is 0 Å². The lowest BCUT2D eigenvalue weighted by Crippen LogP contribution is -2.21. The maximum absolute atomic E-state index is 5.42. The van der Waals surface area contributed by atoms with Gasteiger partial charge in [0.25, 0.3) is 0 Å². The molecule has 0 fully saturated rings. The van der Waals surface area contributed by atoms with Gasteiger partial charge in [0.2, 0.25) is 0 Å². The van der Waals surface area contributed by atoms with Crippen molar-refractivity contribution >= 4 is 0 Å². The summed E-state index contributed by atoms with van der Waals surface area (Å²) in [6.45, 7) is 9.39. The van der Waals surface area contributed by atoms with E-state index < -0.39 is 0 Å². The summed E-state index contributed by atoms with van der Waals surface area (Å²) in [4.78, 5) is 0. The molecule has 0 aliphatic rings. The normalized spacial score (nSPS) is 12.4. The molecule has 0 saturated carbocycles. The second-order valence-corrected chi connectivity index (χ2v) is 5.94. The van der Waals surface area contributed by atoms with Gasteiger partial charge in [0.1, 0.15) is 5.75 Å².